The maximum absolute atomic E-state index is 11.8. The predicted octanol–water partition coefficient (Wildman–Crippen LogP) is 4.71. The summed E-state index contributed by atoms with van der Waals surface area (Å²) >= 11 is 0. The number of aromatic carboxylic acids is 1. The highest BCUT2D eigenvalue weighted by Gasteiger charge is 2.16. The van der Waals surface area contributed by atoms with E-state index in [2.05, 4.69) is 5.32 Å². The molecule has 1 amide bonds. The topological polar surface area (TPSA) is 75.6 Å². The maximum Gasteiger partial charge on any atom is 0.412 e. The largest absolute Gasteiger partial charge is 0.478 e. The molecular weight excluding hydrogens is 306 g/mol. The van der Waals surface area contributed by atoms with E-state index in [0.717, 1.165) is 11.1 Å². The van der Waals surface area contributed by atoms with Gasteiger partial charge in [-0.3, -0.25) is 5.32 Å². The van der Waals surface area contributed by atoms with E-state index in [1.165, 1.54) is 0 Å². The summed E-state index contributed by atoms with van der Waals surface area (Å²) < 4.78 is 5.20. The molecule has 2 aromatic carbocycles. The van der Waals surface area contributed by atoms with E-state index in [9.17, 15) is 14.7 Å². The second-order valence-electron chi connectivity index (χ2n) is 6.49. The molecule has 0 spiro atoms. The van der Waals surface area contributed by atoms with Gasteiger partial charge in [0.1, 0.15) is 5.60 Å². The lowest BCUT2D eigenvalue weighted by molar-refractivity contribution is 0.0634. The molecule has 2 N–H and O–H groups in total. The first-order chi connectivity index (χ1) is 11.2. The van der Waals surface area contributed by atoms with E-state index >= 15 is 0 Å². The number of hydrogen-bond acceptors (Lipinski definition) is 3. The van der Waals surface area contributed by atoms with Crippen LogP contribution in [0.1, 0.15) is 36.7 Å². The fraction of sp³-hybridized carbons (Fsp3) is 0.263. The van der Waals surface area contributed by atoms with Crippen molar-refractivity contribution < 1.29 is 19.4 Å². The Morgan fingerprint density at radius 1 is 1.04 bits per heavy atom. The maximum atomic E-state index is 11.8. The van der Waals surface area contributed by atoms with Crippen molar-refractivity contribution in [2.45, 2.75) is 33.3 Å². The van der Waals surface area contributed by atoms with Gasteiger partial charge in [-0.2, -0.15) is 0 Å². The van der Waals surface area contributed by atoms with Crippen molar-refractivity contribution in [3.8, 4) is 11.1 Å². The zero-order valence-corrected chi connectivity index (χ0v) is 14.2. The minimum absolute atomic E-state index is 0.281. The fourth-order valence-electron chi connectivity index (χ4n) is 2.33. The van der Waals surface area contributed by atoms with Gasteiger partial charge in [-0.1, -0.05) is 24.3 Å². The average Bonchev–Trinajstić information content (AvgIpc) is 2.46. The fourth-order valence-corrected chi connectivity index (χ4v) is 2.33. The van der Waals surface area contributed by atoms with Crippen LogP contribution in [-0.2, 0) is 4.74 Å². The summed E-state index contributed by atoms with van der Waals surface area (Å²) in [5.74, 6) is -0.947. The first-order valence-corrected chi connectivity index (χ1v) is 7.61. The summed E-state index contributed by atoms with van der Waals surface area (Å²) in [4.78, 5) is 23.0. The van der Waals surface area contributed by atoms with Crippen LogP contribution in [0.25, 0.3) is 11.1 Å². The Bertz CT molecular complexity index is 758. The van der Waals surface area contributed by atoms with Gasteiger partial charge in [0.2, 0.25) is 0 Å². The molecule has 0 heterocycles. The molecule has 0 aliphatic carbocycles. The molecule has 0 unspecified atom stereocenters. The molecule has 2 aromatic rings. The van der Waals surface area contributed by atoms with E-state index in [0.29, 0.717) is 11.3 Å². The molecule has 126 valence electrons. The summed E-state index contributed by atoms with van der Waals surface area (Å²) in [6, 6.07) is 12.4. The third kappa shape index (κ3) is 4.35. The van der Waals surface area contributed by atoms with E-state index < -0.39 is 17.7 Å². The van der Waals surface area contributed by atoms with E-state index in [1.807, 2.05) is 18.2 Å². The second-order valence-corrected chi connectivity index (χ2v) is 6.49. The third-order valence-electron chi connectivity index (χ3n) is 3.41. The molecule has 0 aliphatic heterocycles. The number of carbonyl (C=O) groups excluding carboxylic acids is 1. The molecule has 0 saturated heterocycles. The van der Waals surface area contributed by atoms with Crippen LogP contribution in [0.3, 0.4) is 0 Å². The lowest BCUT2D eigenvalue weighted by atomic mass is 9.96. The van der Waals surface area contributed by atoms with Crippen molar-refractivity contribution in [1.29, 1.82) is 0 Å². The third-order valence-corrected chi connectivity index (χ3v) is 3.41. The number of hydrogen-bond donors (Lipinski definition) is 2. The predicted molar refractivity (Wildman–Crippen MR) is 93.4 cm³/mol. The quantitative estimate of drug-likeness (QED) is 0.856. The van der Waals surface area contributed by atoms with Crippen LogP contribution in [0.15, 0.2) is 42.5 Å². The van der Waals surface area contributed by atoms with Crippen molar-refractivity contribution in [2.24, 2.45) is 0 Å². The molecule has 0 aliphatic rings. The number of carboxylic acids is 1. The minimum atomic E-state index is -0.947. The van der Waals surface area contributed by atoms with Crippen molar-refractivity contribution in [3.63, 3.8) is 0 Å². The monoisotopic (exact) mass is 327 g/mol. The number of ether oxygens (including phenoxy) is 1. The smallest absolute Gasteiger partial charge is 0.412 e. The van der Waals surface area contributed by atoms with E-state index in [-0.39, 0.29) is 5.56 Å². The Balaban J connectivity index is 2.20. The summed E-state index contributed by atoms with van der Waals surface area (Å²) in [5, 5.41) is 11.9. The molecule has 0 bridgehead atoms. The summed E-state index contributed by atoms with van der Waals surface area (Å²) in [6.45, 7) is 7.18. The van der Waals surface area contributed by atoms with Crippen LogP contribution in [0.5, 0.6) is 0 Å². The van der Waals surface area contributed by atoms with Gasteiger partial charge < -0.3 is 9.84 Å². The molecule has 0 fully saturated rings. The molecule has 5 heteroatoms. The van der Waals surface area contributed by atoms with Crippen molar-refractivity contribution in [3.05, 3.63) is 53.6 Å². The van der Waals surface area contributed by atoms with Crippen LogP contribution in [0.2, 0.25) is 0 Å². The highest BCUT2D eigenvalue weighted by atomic mass is 16.6. The van der Waals surface area contributed by atoms with Crippen LogP contribution >= 0.6 is 0 Å². The molecule has 0 saturated carbocycles. The van der Waals surface area contributed by atoms with Crippen molar-refractivity contribution in [1.82, 2.24) is 0 Å². The van der Waals surface area contributed by atoms with Gasteiger partial charge in [-0.15, -0.1) is 0 Å². The number of carboxylic acid groups (broad SMARTS) is 1. The molecule has 2 rings (SSSR count). The Hall–Kier alpha value is -2.82. The number of rotatable bonds is 3. The molecule has 0 atom stereocenters. The van der Waals surface area contributed by atoms with Crippen LogP contribution in [0.4, 0.5) is 10.5 Å². The molecule has 0 radical (unpaired) electrons. The number of anilines is 1. The Kier molecular flexibility index (Phi) is 4.93. The summed E-state index contributed by atoms with van der Waals surface area (Å²) in [6.07, 6.45) is -0.515. The van der Waals surface area contributed by atoms with Crippen molar-refractivity contribution in [2.75, 3.05) is 5.32 Å². The summed E-state index contributed by atoms with van der Waals surface area (Å²) in [5.41, 5.74) is 2.77. The van der Waals surface area contributed by atoms with Gasteiger partial charge in [0, 0.05) is 5.69 Å². The average molecular weight is 327 g/mol. The lowest BCUT2D eigenvalue weighted by Gasteiger charge is -2.19. The number of amides is 1. The van der Waals surface area contributed by atoms with Crippen LogP contribution in [0, 0.1) is 6.92 Å². The van der Waals surface area contributed by atoms with Gasteiger partial charge in [-0.25, -0.2) is 9.59 Å². The SMILES string of the molecule is Cc1c(C(=O)O)cccc1-c1ccc(NC(=O)OC(C)(C)C)cc1. The molecule has 5 nitrogen and oxygen atoms in total. The number of benzene rings is 2. The zero-order chi connectivity index (χ0) is 17.9. The number of nitrogens with one attached hydrogen (secondary N) is 1. The molecule has 0 aromatic heterocycles. The standard InChI is InChI=1S/C19H21NO4/c1-12-15(6-5-7-16(12)17(21)22)13-8-10-14(11-9-13)20-18(23)24-19(2,3)4/h5-11H,1-4H3,(H,20,23)(H,21,22). The van der Waals surface area contributed by atoms with E-state index in [4.69, 9.17) is 4.74 Å². The van der Waals surface area contributed by atoms with Gasteiger partial charge >= 0.3 is 12.1 Å². The van der Waals surface area contributed by atoms with Gasteiger partial charge in [0.25, 0.3) is 0 Å². The van der Waals surface area contributed by atoms with E-state index in [1.54, 1.807) is 52.0 Å². The Morgan fingerprint density at radius 3 is 2.21 bits per heavy atom. The Morgan fingerprint density at radius 2 is 1.67 bits per heavy atom. The van der Waals surface area contributed by atoms with Crippen molar-refractivity contribution >= 4 is 17.7 Å². The van der Waals surface area contributed by atoms with Gasteiger partial charge in [0.15, 0.2) is 0 Å². The normalized spacial score (nSPS) is 11.0. The van der Waals surface area contributed by atoms with Gasteiger partial charge in [0.05, 0.1) is 5.56 Å². The number of carbonyl (C=O) groups is 2. The first kappa shape index (κ1) is 17.5. The Labute approximate surface area is 141 Å². The van der Waals surface area contributed by atoms with Crippen LogP contribution in [-0.4, -0.2) is 22.8 Å². The zero-order valence-electron chi connectivity index (χ0n) is 14.2. The van der Waals surface area contributed by atoms with Crippen LogP contribution < -0.4 is 5.32 Å². The molecule has 24 heavy (non-hydrogen) atoms. The minimum Gasteiger partial charge on any atom is -0.478 e. The highest BCUT2D eigenvalue weighted by Crippen LogP contribution is 2.27. The first-order valence-electron chi connectivity index (χ1n) is 7.61. The lowest BCUT2D eigenvalue weighted by Crippen LogP contribution is -2.27. The summed E-state index contributed by atoms with van der Waals surface area (Å²) in [7, 11) is 0. The molecular formula is C19H21NO4. The highest BCUT2D eigenvalue weighted by molar-refractivity contribution is 5.92. The second kappa shape index (κ2) is 6.74. The van der Waals surface area contributed by atoms with Gasteiger partial charge in [-0.05, 0) is 62.6 Å².